The first-order valence-corrected chi connectivity index (χ1v) is 7.50. The van der Waals surface area contributed by atoms with Crippen molar-refractivity contribution in [3.63, 3.8) is 0 Å². The van der Waals surface area contributed by atoms with Crippen molar-refractivity contribution in [2.24, 2.45) is 11.8 Å². The number of rotatable bonds is 7. The summed E-state index contributed by atoms with van der Waals surface area (Å²) in [6.07, 6.45) is 0.857. The second-order valence-electron chi connectivity index (χ2n) is 5.08. The standard InChI is InChI=1S/C15H23BrN2O/c1-11(2)14(10-17-3)15(19)18-8-7-12-5-4-6-13(16)9-12/h4-6,9,11,14,17H,7-8,10H2,1-3H3,(H,18,19). The van der Waals surface area contributed by atoms with Gasteiger partial charge in [-0.2, -0.15) is 0 Å². The maximum Gasteiger partial charge on any atom is 0.224 e. The SMILES string of the molecule is CNCC(C(=O)NCCc1cccc(Br)c1)C(C)C. The molecule has 3 nitrogen and oxygen atoms in total. The minimum atomic E-state index is 0.0347. The molecule has 0 aliphatic carbocycles. The van der Waals surface area contributed by atoms with Gasteiger partial charge in [0.1, 0.15) is 0 Å². The summed E-state index contributed by atoms with van der Waals surface area (Å²) >= 11 is 3.45. The highest BCUT2D eigenvalue weighted by Gasteiger charge is 2.20. The van der Waals surface area contributed by atoms with Crippen molar-refractivity contribution in [3.05, 3.63) is 34.3 Å². The van der Waals surface area contributed by atoms with E-state index in [1.807, 2.05) is 19.2 Å². The van der Waals surface area contributed by atoms with Gasteiger partial charge < -0.3 is 10.6 Å². The van der Waals surface area contributed by atoms with Gasteiger partial charge in [0.05, 0.1) is 5.92 Å². The average Bonchev–Trinajstić information content (AvgIpc) is 2.35. The van der Waals surface area contributed by atoms with Gasteiger partial charge in [-0.1, -0.05) is 41.9 Å². The van der Waals surface area contributed by atoms with Crippen LogP contribution >= 0.6 is 15.9 Å². The van der Waals surface area contributed by atoms with E-state index in [9.17, 15) is 4.79 Å². The van der Waals surface area contributed by atoms with E-state index in [1.54, 1.807) is 0 Å². The van der Waals surface area contributed by atoms with E-state index in [4.69, 9.17) is 0 Å². The second kappa shape index (κ2) is 8.33. The largest absolute Gasteiger partial charge is 0.355 e. The highest BCUT2D eigenvalue weighted by molar-refractivity contribution is 9.10. The molecule has 0 aliphatic heterocycles. The Labute approximate surface area is 124 Å². The van der Waals surface area contributed by atoms with Crippen molar-refractivity contribution in [1.82, 2.24) is 10.6 Å². The number of amides is 1. The lowest BCUT2D eigenvalue weighted by molar-refractivity contribution is -0.126. The Morgan fingerprint density at radius 1 is 1.37 bits per heavy atom. The number of nitrogens with one attached hydrogen (secondary N) is 2. The van der Waals surface area contributed by atoms with Crippen LogP contribution in [0.25, 0.3) is 0 Å². The lowest BCUT2D eigenvalue weighted by Crippen LogP contribution is -2.39. The number of hydrogen-bond donors (Lipinski definition) is 2. The highest BCUT2D eigenvalue weighted by atomic mass is 79.9. The first-order valence-electron chi connectivity index (χ1n) is 6.71. The van der Waals surface area contributed by atoms with Crippen molar-refractivity contribution in [1.29, 1.82) is 0 Å². The highest BCUT2D eigenvalue weighted by Crippen LogP contribution is 2.12. The summed E-state index contributed by atoms with van der Waals surface area (Å²) in [5.41, 5.74) is 1.23. The summed E-state index contributed by atoms with van der Waals surface area (Å²) < 4.78 is 1.08. The Morgan fingerprint density at radius 3 is 2.68 bits per heavy atom. The molecule has 0 heterocycles. The summed E-state index contributed by atoms with van der Waals surface area (Å²) in [7, 11) is 1.88. The molecule has 0 saturated heterocycles. The quantitative estimate of drug-likeness (QED) is 0.808. The fraction of sp³-hybridized carbons (Fsp3) is 0.533. The van der Waals surface area contributed by atoms with Gasteiger partial charge in [-0.3, -0.25) is 4.79 Å². The molecule has 106 valence electrons. The molecule has 0 radical (unpaired) electrons. The van der Waals surface area contributed by atoms with Gasteiger partial charge in [0.2, 0.25) is 5.91 Å². The zero-order valence-corrected chi connectivity index (χ0v) is 13.5. The van der Waals surface area contributed by atoms with Gasteiger partial charge in [-0.15, -0.1) is 0 Å². The molecule has 19 heavy (non-hydrogen) atoms. The van der Waals surface area contributed by atoms with Crippen LogP contribution in [0.5, 0.6) is 0 Å². The van der Waals surface area contributed by atoms with Crippen LogP contribution in [0.1, 0.15) is 19.4 Å². The smallest absolute Gasteiger partial charge is 0.224 e. The van der Waals surface area contributed by atoms with E-state index in [0.29, 0.717) is 12.5 Å². The van der Waals surface area contributed by atoms with E-state index in [2.05, 4.69) is 52.5 Å². The summed E-state index contributed by atoms with van der Waals surface area (Å²) in [4.78, 5) is 12.1. The second-order valence-corrected chi connectivity index (χ2v) is 5.99. The number of halogens is 1. The molecule has 1 unspecified atom stereocenters. The third-order valence-corrected chi connectivity index (χ3v) is 3.66. The third-order valence-electron chi connectivity index (χ3n) is 3.17. The van der Waals surface area contributed by atoms with Crippen molar-refractivity contribution < 1.29 is 4.79 Å². The van der Waals surface area contributed by atoms with E-state index in [1.165, 1.54) is 5.56 Å². The van der Waals surface area contributed by atoms with Crippen LogP contribution in [0.3, 0.4) is 0 Å². The van der Waals surface area contributed by atoms with Crippen LogP contribution in [0.4, 0.5) is 0 Å². The maximum absolute atomic E-state index is 12.1. The first-order chi connectivity index (χ1) is 9.04. The Bertz CT molecular complexity index is 407. The van der Waals surface area contributed by atoms with Crippen molar-refractivity contribution in [2.45, 2.75) is 20.3 Å². The van der Waals surface area contributed by atoms with Crippen molar-refractivity contribution in [3.8, 4) is 0 Å². The van der Waals surface area contributed by atoms with Crippen LogP contribution < -0.4 is 10.6 Å². The van der Waals surface area contributed by atoms with Gasteiger partial charge in [-0.25, -0.2) is 0 Å². The predicted octanol–water partition coefficient (Wildman–Crippen LogP) is 2.60. The molecule has 1 amide bonds. The fourth-order valence-electron chi connectivity index (χ4n) is 2.00. The van der Waals surface area contributed by atoms with Crippen molar-refractivity contribution in [2.75, 3.05) is 20.1 Å². The van der Waals surface area contributed by atoms with Gasteiger partial charge in [-0.05, 0) is 37.1 Å². The minimum Gasteiger partial charge on any atom is -0.355 e. The van der Waals surface area contributed by atoms with E-state index in [0.717, 1.165) is 17.4 Å². The Hall–Kier alpha value is -0.870. The molecule has 0 aromatic heterocycles. The molecule has 0 spiro atoms. The number of hydrogen-bond acceptors (Lipinski definition) is 2. The molecule has 0 aliphatic rings. The first kappa shape index (κ1) is 16.2. The molecule has 1 aromatic carbocycles. The fourth-order valence-corrected chi connectivity index (χ4v) is 2.45. The lowest BCUT2D eigenvalue weighted by atomic mass is 9.95. The molecule has 0 saturated carbocycles. The van der Waals surface area contributed by atoms with E-state index < -0.39 is 0 Å². The molecule has 1 rings (SSSR count). The zero-order valence-electron chi connectivity index (χ0n) is 11.9. The van der Waals surface area contributed by atoms with Crippen molar-refractivity contribution >= 4 is 21.8 Å². The zero-order chi connectivity index (χ0) is 14.3. The lowest BCUT2D eigenvalue weighted by Gasteiger charge is -2.19. The minimum absolute atomic E-state index is 0.0347. The molecule has 4 heteroatoms. The van der Waals surface area contributed by atoms with Crippen LogP contribution in [0.15, 0.2) is 28.7 Å². The van der Waals surface area contributed by atoms with Gasteiger partial charge >= 0.3 is 0 Å². The molecule has 1 aromatic rings. The van der Waals surface area contributed by atoms with Gasteiger partial charge in [0.15, 0.2) is 0 Å². The number of benzene rings is 1. The number of carbonyl (C=O) groups excluding carboxylic acids is 1. The predicted molar refractivity (Wildman–Crippen MR) is 83.1 cm³/mol. The van der Waals surface area contributed by atoms with Gasteiger partial charge in [0, 0.05) is 17.6 Å². The molecule has 0 bridgehead atoms. The Morgan fingerprint density at radius 2 is 2.11 bits per heavy atom. The Kier molecular flexibility index (Phi) is 7.10. The molecule has 2 N–H and O–H groups in total. The Balaban J connectivity index is 2.41. The van der Waals surface area contributed by atoms with Crippen LogP contribution in [-0.4, -0.2) is 26.0 Å². The van der Waals surface area contributed by atoms with E-state index in [-0.39, 0.29) is 11.8 Å². The summed E-state index contributed by atoms with van der Waals surface area (Å²) in [6, 6.07) is 8.17. The third kappa shape index (κ3) is 5.74. The monoisotopic (exact) mass is 326 g/mol. The normalized spacial score (nSPS) is 12.5. The topological polar surface area (TPSA) is 41.1 Å². The number of carbonyl (C=O) groups is 1. The maximum atomic E-state index is 12.1. The summed E-state index contributed by atoms with van der Waals surface area (Å²) in [5.74, 6) is 0.519. The molecule has 0 fully saturated rings. The van der Waals surface area contributed by atoms with E-state index >= 15 is 0 Å². The molecular formula is C15H23BrN2O. The van der Waals surface area contributed by atoms with Gasteiger partial charge in [0.25, 0.3) is 0 Å². The molecular weight excluding hydrogens is 304 g/mol. The van der Waals surface area contributed by atoms with Crippen LogP contribution in [-0.2, 0) is 11.2 Å². The average molecular weight is 327 g/mol. The summed E-state index contributed by atoms with van der Waals surface area (Å²) in [6.45, 7) is 5.56. The summed E-state index contributed by atoms with van der Waals surface area (Å²) in [5, 5.41) is 6.10. The molecule has 1 atom stereocenters. The van der Waals surface area contributed by atoms with Crippen LogP contribution in [0.2, 0.25) is 0 Å². The van der Waals surface area contributed by atoms with Crippen LogP contribution in [0, 0.1) is 11.8 Å².